The molecule has 24 heavy (non-hydrogen) atoms. The van der Waals surface area contributed by atoms with Gasteiger partial charge in [-0.1, -0.05) is 49.4 Å². The topological polar surface area (TPSA) is 50.7 Å². The number of para-hydroxylation sites is 1. The Morgan fingerprint density at radius 1 is 1.00 bits per heavy atom. The van der Waals surface area contributed by atoms with Gasteiger partial charge in [-0.15, -0.1) is 0 Å². The van der Waals surface area contributed by atoms with Crippen LogP contribution in [0.25, 0.3) is 0 Å². The lowest BCUT2D eigenvalue weighted by molar-refractivity contribution is 0.236. The zero-order valence-corrected chi connectivity index (χ0v) is 14.5. The van der Waals surface area contributed by atoms with Crippen LogP contribution < -0.4 is 14.8 Å². The summed E-state index contributed by atoms with van der Waals surface area (Å²) in [7, 11) is 0. The van der Waals surface area contributed by atoms with Gasteiger partial charge in [-0.05, 0) is 25.0 Å². The molecule has 0 saturated carbocycles. The highest BCUT2D eigenvalue weighted by molar-refractivity contribution is 5.46. The van der Waals surface area contributed by atoms with Gasteiger partial charge in [0.05, 0.1) is 13.2 Å². The molecule has 2 aromatic carbocycles. The van der Waals surface area contributed by atoms with Crippen LogP contribution in [0.15, 0.2) is 48.5 Å². The zero-order valence-electron chi connectivity index (χ0n) is 14.5. The van der Waals surface area contributed by atoms with Gasteiger partial charge in [-0.3, -0.25) is 0 Å². The molecule has 0 spiro atoms. The van der Waals surface area contributed by atoms with Crippen LogP contribution in [0.4, 0.5) is 0 Å². The Morgan fingerprint density at radius 3 is 2.46 bits per heavy atom. The van der Waals surface area contributed by atoms with Gasteiger partial charge >= 0.3 is 0 Å². The Hall–Kier alpha value is -2.04. The number of aliphatic hydroxyl groups excluding tert-OH is 1. The fourth-order valence-electron chi connectivity index (χ4n) is 2.46. The first-order chi connectivity index (χ1) is 11.8. The smallest absolute Gasteiger partial charge is 0.166 e. The molecule has 0 aliphatic rings. The van der Waals surface area contributed by atoms with Crippen molar-refractivity contribution >= 4 is 0 Å². The molecule has 0 aliphatic carbocycles. The molecule has 1 atom stereocenters. The van der Waals surface area contributed by atoms with Crippen molar-refractivity contribution in [1.29, 1.82) is 0 Å². The first kappa shape index (κ1) is 18.3. The summed E-state index contributed by atoms with van der Waals surface area (Å²) in [5.41, 5.74) is 2.15. The van der Waals surface area contributed by atoms with Crippen molar-refractivity contribution in [3.8, 4) is 11.5 Å². The van der Waals surface area contributed by atoms with E-state index in [0.29, 0.717) is 19.8 Å². The van der Waals surface area contributed by atoms with Crippen LogP contribution in [0.1, 0.15) is 31.4 Å². The predicted molar refractivity (Wildman–Crippen MR) is 96.4 cm³/mol. The predicted octanol–water partition coefficient (Wildman–Crippen LogP) is 3.52. The van der Waals surface area contributed by atoms with E-state index in [1.807, 2.05) is 55.5 Å². The first-order valence-electron chi connectivity index (χ1n) is 8.54. The molecule has 2 rings (SSSR count). The summed E-state index contributed by atoms with van der Waals surface area (Å²) in [6, 6.07) is 16.1. The Labute approximate surface area is 144 Å². The molecule has 4 heteroatoms. The highest BCUT2D eigenvalue weighted by Crippen LogP contribution is 2.32. The molecule has 0 aliphatic heterocycles. The summed E-state index contributed by atoms with van der Waals surface area (Å²) < 4.78 is 11.8. The molecule has 0 heterocycles. The Morgan fingerprint density at radius 2 is 1.79 bits per heavy atom. The largest absolute Gasteiger partial charge is 0.490 e. The molecule has 0 amide bonds. The lowest BCUT2D eigenvalue weighted by Gasteiger charge is -2.19. The van der Waals surface area contributed by atoms with E-state index in [0.717, 1.165) is 29.0 Å². The molecular weight excluding hydrogens is 302 g/mol. The Kier molecular flexibility index (Phi) is 7.59. The Balaban J connectivity index is 2.14. The summed E-state index contributed by atoms with van der Waals surface area (Å²) in [6.07, 6.45) is 0.877. The molecular formula is C20H27NO3. The van der Waals surface area contributed by atoms with E-state index in [9.17, 15) is 5.11 Å². The van der Waals surface area contributed by atoms with Crippen LogP contribution in [0, 0.1) is 0 Å². The fraction of sp³-hybridized carbons (Fsp3) is 0.400. The van der Waals surface area contributed by atoms with E-state index >= 15 is 0 Å². The van der Waals surface area contributed by atoms with Crippen molar-refractivity contribution in [2.24, 2.45) is 0 Å². The maximum absolute atomic E-state index is 9.35. The maximum atomic E-state index is 9.35. The van der Waals surface area contributed by atoms with Gasteiger partial charge in [0.15, 0.2) is 11.5 Å². The minimum Gasteiger partial charge on any atom is -0.490 e. The van der Waals surface area contributed by atoms with E-state index in [4.69, 9.17) is 9.47 Å². The average molecular weight is 329 g/mol. The number of rotatable bonds is 10. The molecule has 0 saturated heterocycles. The number of nitrogens with one attached hydrogen (secondary N) is 1. The van der Waals surface area contributed by atoms with Crippen molar-refractivity contribution in [2.45, 2.75) is 39.5 Å². The first-order valence-corrected chi connectivity index (χ1v) is 8.54. The molecule has 0 radical (unpaired) electrons. The third-order valence-corrected chi connectivity index (χ3v) is 3.88. The monoisotopic (exact) mass is 329 g/mol. The summed E-state index contributed by atoms with van der Waals surface area (Å²) in [5, 5.41) is 12.7. The molecule has 0 bridgehead atoms. The lowest BCUT2D eigenvalue weighted by atomic mass is 10.1. The van der Waals surface area contributed by atoms with Gasteiger partial charge in [0.2, 0.25) is 0 Å². The van der Waals surface area contributed by atoms with Crippen LogP contribution in [0.3, 0.4) is 0 Å². The minimum absolute atomic E-state index is 0.0859. The molecule has 0 aromatic heterocycles. The summed E-state index contributed by atoms with van der Waals surface area (Å²) in [6.45, 7) is 5.86. The third-order valence-electron chi connectivity index (χ3n) is 3.88. The number of aliphatic hydroxyl groups is 1. The van der Waals surface area contributed by atoms with E-state index in [1.165, 1.54) is 0 Å². The average Bonchev–Trinajstić information content (AvgIpc) is 2.63. The molecule has 2 N–H and O–H groups in total. The third kappa shape index (κ3) is 5.25. The van der Waals surface area contributed by atoms with Crippen molar-refractivity contribution in [2.75, 3.05) is 13.2 Å². The quantitative estimate of drug-likeness (QED) is 0.700. The van der Waals surface area contributed by atoms with Gasteiger partial charge in [0, 0.05) is 18.2 Å². The van der Waals surface area contributed by atoms with Crippen molar-refractivity contribution in [1.82, 2.24) is 5.32 Å². The number of hydrogen-bond acceptors (Lipinski definition) is 4. The second-order valence-electron chi connectivity index (χ2n) is 5.62. The SMILES string of the molecule is CCOc1cccc(CN[C@H](CC)CO)c1OCc1ccccc1. The van der Waals surface area contributed by atoms with Gasteiger partial charge in [-0.2, -0.15) is 0 Å². The van der Waals surface area contributed by atoms with Crippen LogP contribution in [0.2, 0.25) is 0 Å². The molecule has 2 aromatic rings. The lowest BCUT2D eigenvalue weighted by Crippen LogP contribution is -2.31. The maximum Gasteiger partial charge on any atom is 0.166 e. The summed E-state index contributed by atoms with van der Waals surface area (Å²) >= 11 is 0. The van der Waals surface area contributed by atoms with Crippen LogP contribution in [-0.4, -0.2) is 24.4 Å². The fourth-order valence-corrected chi connectivity index (χ4v) is 2.46. The second kappa shape index (κ2) is 9.96. The molecule has 4 nitrogen and oxygen atoms in total. The van der Waals surface area contributed by atoms with E-state index in [1.54, 1.807) is 0 Å². The van der Waals surface area contributed by atoms with Crippen molar-refractivity contribution in [3.63, 3.8) is 0 Å². The Bertz CT molecular complexity index is 597. The molecule has 130 valence electrons. The summed E-state index contributed by atoms with van der Waals surface area (Å²) in [4.78, 5) is 0. The van der Waals surface area contributed by atoms with E-state index in [-0.39, 0.29) is 12.6 Å². The van der Waals surface area contributed by atoms with Crippen LogP contribution in [0.5, 0.6) is 11.5 Å². The van der Waals surface area contributed by atoms with Crippen LogP contribution in [-0.2, 0) is 13.2 Å². The number of benzene rings is 2. The normalized spacial score (nSPS) is 12.0. The zero-order chi connectivity index (χ0) is 17.2. The molecule has 0 fully saturated rings. The van der Waals surface area contributed by atoms with Gasteiger partial charge in [-0.25, -0.2) is 0 Å². The molecule has 0 unspecified atom stereocenters. The summed E-state index contributed by atoms with van der Waals surface area (Å²) in [5.74, 6) is 1.52. The van der Waals surface area contributed by atoms with Crippen molar-refractivity contribution in [3.05, 3.63) is 59.7 Å². The van der Waals surface area contributed by atoms with Gasteiger partial charge in [0.1, 0.15) is 6.61 Å². The number of hydrogen-bond donors (Lipinski definition) is 2. The number of ether oxygens (including phenoxy) is 2. The van der Waals surface area contributed by atoms with E-state index < -0.39 is 0 Å². The van der Waals surface area contributed by atoms with Crippen molar-refractivity contribution < 1.29 is 14.6 Å². The van der Waals surface area contributed by atoms with Gasteiger partial charge < -0.3 is 19.9 Å². The minimum atomic E-state index is 0.0859. The van der Waals surface area contributed by atoms with Gasteiger partial charge in [0.25, 0.3) is 0 Å². The van der Waals surface area contributed by atoms with E-state index in [2.05, 4.69) is 12.2 Å². The van der Waals surface area contributed by atoms with Crippen LogP contribution >= 0.6 is 0 Å². The highest BCUT2D eigenvalue weighted by Gasteiger charge is 2.13. The second-order valence-corrected chi connectivity index (χ2v) is 5.62. The standard InChI is InChI=1S/C20H27NO3/c1-3-18(14-22)21-13-17-11-8-12-19(23-4-2)20(17)24-15-16-9-6-5-7-10-16/h5-12,18,21-22H,3-4,13-15H2,1-2H3/t18-/m1/s1. The highest BCUT2D eigenvalue weighted by atomic mass is 16.5.